The van der Waals surface area contributed by atoms with E-state index in [4.69, 9.17) is 5.73 Å². The minimum Gasteiger partial charge on any atom is -0.397 e. The minimum absolute atomic E-state index is 0.318. The maximum absolute atomic E-state index is 12.7. The number of hydrogen-bond donors (Lipinski definition) is 1. The molecule has 0 radical (unpaired) electrons. The summed E-state index contributed by atoms with van der Waals surface area (Å²) < 4.78 is 14.3. The monoisotopic (exact) mass is 192 g/mol. The lowest BCUT2D eigenvalue weighted by molar-refractivity contribution is 0.622. The topological polar surface area (TPSA) is 56.7 Å². The van der Waals surface area contributed by atoms with Crippen molar-refractivity contribution in [2.75, 3.05) is 5.73 Å². The van der Waals surface area contributed by atoms with Crippen LogP contribution in [-0.2, 0) is 7.05 Å². The standard InChI is InChI=1S/C9H9FN4/c1-14-5-6(3-13-14)9-8(11)2-7(10)4-12-9/h2-5H,11H2,1H3. The molecule has 0 spiro atoms. The van der Waals surface area contributed by atoms with E-state index in [1.165, 1.54) is 6.07 Å². The SMILES string of the molecule is Cn1cc(-c2ncc(F)cc2N)cn1. The van der Waals surface area contributed by atoms with Crippen molar-refractivity contribution in [3.8, 4) is 11.3 Å². The van der Waals surface area contributed by atoms with Gasteiger partial charge in [0.05, 0.1) is 23.8 Å². The first-order chi connectivity index (χ1) is 6.66. The summed E-state index contributed by atoms with van der Waals surface area (Å²) in [7, 11) is 1.79. The van der Waals surface area contributed by atoms with Crippen molar-refractivity contribution >= 4 is 5.69 Å². The van der Waals surface area contributed by atoms with Gasteiger partial charge in [-0.2, -0.15) is 5.10 Å². The summed E-state index contributed by atoms with van der Waals surface area (Å²) in [6, 6.07) is 1.25. The lowest BCUT2D eigenvalue weighted by Crippen LogP contribution is -1.94. The summed E-state index contributed by atoms with van der Waals surface area (Å²) in [5.74, 6) is -0.435. The van der Waals surface area contributed by atoms with Crippen LogP contribution in [0.15, 0.2) is 24.7 Å². The third kappa shape index (κ3) is 1.44. The molecule has 2 aromatic rings. The number of anilines is 1. The fourth-order valence-electron chi connectivity index (χ4n) is 1.24. The van der Waals surface area contributed by atoms with Crippen LogP contribution in [0.5, 0.6) is 0 Å². The molecule has 0 unspecified atom stereocenters. The minimum atomic E-state index is -0.435. The normalized spacial score (nSPS) is 10.4. The van der Waals surface area contributed by atoms with Crippen LogP contribution in [0.4, 0.5) is 10.1 Å². The molecule has 0 aliphatic rings. The summed E-state index contributed by atoms with van der Waals surface area (Å²) in [6.07, 6.45) is 4.55. The van der Waals surface area contributed by atoms with Gasteiger partial charge in [0.1, 0.15) is 5.82 Å². The molecule has 0 fully saturated rings. The lowest BCUT2D eigenvalue weighted by atomic mass is 10.2. The summed E-state index contributed by atoms with van der Waals surface area (Å²) in [4.78, 5) is 3.91. The number of nitrogen functional groups attached to an aromatic ring is 1. The van der Waals surface area contributed by atoms with E-state index in [2.05, 4.69) is 10.1 Å². The van der Waals surface area contributed by atoms with E-state index in [1.54, 1.807) is 24.1 Å². The molecule has 0 aromatic carbocycles. The van der Waals surface area contributed by atoms with Crippen molar-refractivity contribution in [2.24, 2.45) is 7.05 Å². The number of nitrogens with two attached hydrogens (primary N) is 1. The second kappa shape index (κ2) is 3.10. The van der Waals surface area contributed by atoms with Gasteiger partial charge in [-0.15, -0.1) is 0 Å². The van der Waals surface area contributed by atoms with Gasteiger partial charge in [-0.05, 0) is 0 Å². The van der Waals surface area contributed by atoms with E-state index >= 15 is 0 Å². The van der Waals surface area contributed by atoms with E-state index < -0.39 is 5.82 Å². The molecule has 5 heteroatoms. The summed E-state index contributed by atoms with van der Waals surface area (Å²) in [5.41, 5.74) is 7.28. The Bertz CT molecular complexity index is 464. The van der Waals surface area contributed by atoms with Gasteiger partial charge in [-0.25, -0.2) is 4.39 Å². The molecule has 0 saturated carbocycles. The number of halogens is 1. The zero-order valence-corrected chi connectivity index (χ0v) is 7.61. The van der Waals surface area contributed by atoms with Gasteiger partial charge >= 0.3 is 0 Å². The number of hydrogen-bond acceptors (Lipinski definition) is 3. The highest BCUT2D eigenvalue weighted by atomic mass is 19.1. The summed E-state index contributed by atoms with van der Waals surface area (Å²) in [5, 5.41) is 3.98. The Balaban J connectivity index is 2.52. The molecule has 2 N–H and O–H groups in total. The van der Waals surface area contributed by atoms with Crippen LogP contribution in [-0.4, -0.2) is 14.8 Å². The Hall–Kier alpha value is -1.91. The van der Waals surface area contributed by atoms with Crippen LogP contribution in [0.25, 0.3) is 11.3 Å². The number of rotatable bonds is 1. The Morgan fingerprint density at radius 1 is 1.43 bits per heavy atom. The van der Waals surface area contributed by atoms with Gasteiger partial charge < -0.3 is 5.73 Å². The summed E-state index contributed by atoms with van der Waals surface area (Å²) >= 11 is 0. The molecule has 2 rings (SSSR count). The molecule has 72 valence electrons. The van der Waals surface area contributed by atoms with Crippen molar-refractivity contribution in [3.63, 3.8) is 0 Å². The van der Waals surface area contributed by atoms with Crippen LogP contribution in [0, 0.1) is 5.82 Å². The van der Waals surface area contributed by atoms with Crippen LogP contribution >= 0.6 is 0 Å². The number of aromatic nitrogens is 3. The molecule has 0 aliphatic heterocycles. The first-order valence-corrected chi connectivity index (χ1v) is 4.07. The van der Waals surface area contributed by atoms with E-state index in [0.717, 1.165) is 11.8 Å². The maximum Gasteiger partial charge on any atom is 0.143 e. The van der Waals surface area contributed by atoms with Gasteiger partial charge in [-0.3, -0.25) is 9.67 Å². The largest absolute Gasteiger partial charge is 0.397 e. The third-order valence-corrected chi connectivity index (χ3v) is 1.86. The Morgan fingerprint density at radius 2 is 2.21 bits per heavy atom. The highest BCUT2D eigenvalue weighted by Gasteiger charge is 2.06. The molecule has 0 aliphatic carbocycles. The van der Waals surface area contributed by atoms with Crippen LogP contribution in [0.1, 0.15) is 0 Å². The van der Waals surface area contributed by atoms with Crippen LogP contribution in [0.3, 0.4) is 0 Å². The molecule has 0 bridgehead atoms. The van der Waals surface area contributed by atoms with Crippen molar-refractivity contribution < 1.29 is 4.39 Å². The zero-order valence-electron chi connectivity index (χ0n) is 7.61. The molecule has 0 atom stereocenters. The van der Waals surface area contributed by atoms with Crippen molar-refractivity contribution in [1.82, 2.24) is 14.8 Å². The Morgan fingerprint density at radius 3 is 2.79 bits per heavy atom. The van der Waals surface area contributed by atoms with Gasteiger partial charge in [0, 0.05) is 24.9 Å². The predicted octanol–water partition coefficient (Wildman–Crippen LogP) is 1.20. The molecule has 0 saturated heterocycles. The predicted molar refractivity (Wildman–Crippen MR) is 50.8 cm³/mol. The Kier molecular flexibility index (Phi) is 1.92. The van der Waals surface area contributed by atoms with E-state index in [-0.39, 0.29) is 0 Å². The van der Waals surface area contributed by atoms with Gasteiger partial charge in [0.2, 0.25) is 0 Å². The quantitative estimate of drug-likeness (QED) is 0.738. The molecular formula is C9H9FN4. The maximum atomic E-state index is 12.7. The highest BCUT2D eigenvalue weighted by Crippen LogP contribution is 2.22. The second-order valence-corrected chi connectivity index (χ2v) is 2.99. The smallest absolute Gasteiger partial charge is 0.143 e. The van der Waals surface area contributed by atoms with Crippen molar-refractivity contribution in [2.45, 2.75) is 0 Å². The van der Waals surface area contributed by atoms with E-state index in [9.17, 15) is 4.39 Å². The molecule has 4 nitrogen and oxygen atoms in total. The van der Waals surface area contributed by atoms with Crippen molar-refractivity contribution in [3.05, 3.63) is 30.5 Å². The average molecular weight is 192 g/mol. The van der Waals surface area contributed by atoms with Crippen LogP contribution in [0.2, 0.25) is 0 Å². The Labute approximate surface area is 80.2 Å². The van der Waals surface area contributed by atoms with Crippen molar-refractivity contribution in [1.29, 1.82) is 0 Å². The number of nitrogens with zero attached hydrogens (tertiary/aromatic N) is 3. The second-order valence-electron chi connectivity index (χ2n) is 2.99. The third-order valence-electron chi connectivity index (χ3n) is 1.86. The lowest BCUT2D eigenvalue weighted by Gasteiger charge is -2.00. The summed E-state index contributed by atoms with van der Waals surface area (Å²) in [6.45, 7) is 0. The van der Waals surface area contributed by atoms with Gasteiger partial charge in [0.15, 0.2) is 0 Å². The molecule has 14 heavy (non-hydrogen) atoms. The first-order valence-electron chi connectivity index (χ1n) is 4.07. The first kappa shape index (κ1) is 8.68. The molecule has 2 aromatic heterocycles. The van der Waals surface area contributed by atoms with E-state index in [1.807, 2.05) is 0 Å². The molecule has 2 heterocycles. The highest BCUT2D eigenvalue weighted by molar-refractivity contribution is 5.71. The van der Waals surface area contributed by atoms with Gasteiger partial charge in [-0.1, -0.05) is 0 Å². The fourth-order valence-corrected chi connectivity index (χ4v) is 1.24. The fraction of sp³-hybridized carbons (Fsp3) is 0.111. The number of pyridine rings is 1. The average Bonchev–Trinajstić information content (AvgIpc) is 2.51. The molecule has 0 amide bonds. The molecular weight excluding hydrogens is 183 g/mol. The van der Waals surface area contributed by atoms with Gasteiger partial charge in [0.25, 0.3) is 0 Å². The zero-order chi connectivity index (χ0) is 10.1. The number of aryl methyl sites for hydroxylation is 1. The van der Waals surface area contributed by atoms with Crippen LogP contribution < -0.4 is 5.73 Å². The van der Waals surface area contributed by atoms with E-state index in [0.29, 0.717) is 11.4 Å².